The van der Waals surface area contributed by atoms with Crippen LogP contribution in [0.5, 0.6) is 0 Å². The van der Waals surface area contributed by atoms with Crippen LogP contribution in [-0.2, 0) is 18.5 Å². The van der Waals surface area contributed by atoms with E-state index in [4.69, 9.17) is 16.6 Å². The molecule has 4 nitrogen and oxygen atoms in total. The Bertz CT molecular complexity index is 592. The predicted octanol–water partition coefficient (Wildman–Crippen LogP) is 2.85. The van der Waals surface area contributed by atoms with E-state index >= 15 is 0 Å². The van der Waals surface area contributed by atoms with E-state index in [2.05, 4.69) is 28.2 Å². The maximum atomic E-state index is 5.91. The molecule has 18 heavy (non-hydrogen) atoms. The smallest absolute Gasteiger partial charge is 0.159 e. The number of hydrogen-bond donors (Lipinski definition) is 0. The van der Waals surface area contributed by atoms with Crippen molar-refractivity contribution in [1.29, 1.82) is 0 Å². The van der Waals surface area contributed by atoms with Crippen molar-refractivity contribution in [3.8, 4) is 0 Å². The first-order valence-electron chi connectivity index (χ1n) is 6.62. The Morgan fingerprint density at radius 3 is 2.67 bits per heavy atom. The maximum Gasteiger partial charge on any atom is 0.159 e. The molecular formula is C13H19ClN4. The summed E-state index contributed by atoms with van der Waals surface area (Å²) in [4.78, 5) is 4.77. The minimum Gasteiger partial charge on any atom is -0.307 e. The number of aryl methyl sites for hydroxylation is 3. The fourth-order valence-corrected chi connectivity index (χ4v) is 2.83. The third kappa shape index (κ3) is 1.58. The predicted molar refractivity (Wildman–Crippen MR) is 73.2 cm³/mol. The molecule has 2 aromatic heterocycles. The summed E-state index contributed by atoms with van der Waals surface area (Å²) >= 11 is 5.91. The minimum absolute atomic E-state index is 0.232. The summed E-state index contributed by atoms with van der Waals surface area (Å²) < 4.78 is 4.45. The van der Waals surface area contributed by atoms with Gasteiger partial charge in [0.05, 0.1) is 5.69 Å². The number of aromatic nitrogens is 4. The molecule has 0 aliphatic heterocycles. The summed E-state index contributed by atoms with van der Waals surface area (Å²) in [6.07, 6.45) is 3.28. The summed E-state index contributed by atoms with van der Waals surface area (Å²) in [5, 5.41) is 4.57. The summed E-state index contributed by atoms with van der Waals surface area (Å²) in [5.74, 6) is 1.73. The first kappa shape index (κ1) is 12.0. The third-order valence-corrected chi connectivity index (χ3v) is 4.10. The van der Waals surface area contributed by atoms with Crippen LogP contribution in [0.25, 0.3) is 11.2 Å². The molecule has 0 saturated heterocycles. The number of imidazole rings is 1. The van der Waals surface area contributed by atoms with Gasteiger partial charge in [-0.05, 0) is 33.6 Å². The van der Waals surface area contributed by atoms with Crippen LogP contribution in [0.3, 0.4) is 0 Å². The molecule has 0 atom stereocenters. The van der Waals surface area contributed by atoms with Crippen molar-refractivity contribution in [2.45, 2.75) is 52.1 Å². The van der Waals surface area contributed by atoms with Crippen LogP contribution < -0.4 is 0 Å². The number of rotatable bonds is 4. The first-order chi connectivity index (χ1) is 8.60. The fourth-order valence-electron chi connectivity index (χ4n) is 2.66. The van der Waals surface area contributed by atoms with Crippen molar-refractivity contribution >= 4 is 22.8 Å². The van der Waals surface area contributed by atoms with Crippen LogP contribution in [-0.4, -0.2) is 25.2 Å². The van der Waals surface area contributed by atoms with E-state index in [1.165, 1.54) is 18.5 Å². The topological polar surface area (TPSA) is 35.6 Å². The Labute approximate surface area is 112 Å². The number of nitrogens with zero attached hydrogens (tertiary/aromatic N) is 4. The number of fused-ring (bicyclic) bond motifs is 1. The zero-order valence-corrected chi connectivity index (χ0v) is 12.0. The molecule has 2 aromatic rings. The van der Waals surface area contributed by atoms with Crippen LogP contribution in [0, 0.1) is 6.92 Å². The van der Waals surface area contributed by atoms with Crippen molar-refractivity contribution < 1.29 is 0 Å². The van der Waals surface area contributed by atoms with E-state index in [1.54, 1.807) is 0 Å². The van der Waals surface area contributed by atoms with Gasteiger partial charge in [-0.25, -0.2) is 9.67 Å². The Morgan fingerprint density at radius 1 is 1.39 bits per heavy atom. The average Bonchev–Trinajstić information content (AvgIpc) is 2.85. The second-order valence-corrected chi connectivity index (χ2v) is 5.75. The highest BCUT2D eigenvalue weighted by Gasteiger charge is 2.42. The molecule has 0 spiro atoms. The first-order valence-corrected chi connectivity index (χ1v) is 7.15. The largest absolute Gasteiger partial charge is 0.307 e. The molecule has 5 heteroatoms. The van der Waals surface area contributed by atoms with Crippen molar-refractivity contribution in [1.82, 2.24) is 19.3 Å². The van der Waals surface area contributed by atoms with E-state index in [-0.39, 0.29) is 5.54 Å². The zero-order chi connectivity index (χ0) is 12.9. The van der Waals surface area contributed by atoms with Gasteiger partial charge in [0.1, 0.15) is 11.3 Å². The van der Waals surface area contributed by atoms with Crippen LogP contribution >= 0.6 is 11.6 Å². The lowest BCUT2D eigenvalue weighted by Crippen LogP contribution is -2.18. The molecule has 2 heterocycles. The molecule has 1 fully saturated rings. The van der Waals surface area contributed by atoms with Crippen molar-refractivity contribution in [2.24, 2.45) is 0 Å². The van der Waals surface area contributed by atoms with Gasteiger partial charge in [-0.1, -0.05) is 0 Å². The van der Waals surface area contributed by atoms with Gasteiger partial charge in [-0.2, -0.15) is 5.10 Å². The molecular weight excluding hydrogens is 248 g/mol. The van der Waals surface area contributed by atoms with E-state index in [1.807, 2.05) is 6.92 Å². The lowest BCUT2D eigenvalue weighted by atomic mass is 10.3. The SMILES string of the molecule is CCn1nc(C)c2nc(CCCl)n(C3(C)CC3)c21. The fraction of sp³-hybridized carbons (Fsp3) is 0.692. The lowest BCUT2D eigenvalue weighted by Gasteiger charge is -2.16. The normalized spacial score (nSPS) is 17.6. The van der Waals surface area contributed by atoms with Gasteiger partial charge in [0, 0.05) is 24.4 Å². The van der Waals surface area contributed by atoms with E-state index in [9.17, 15) is 0 Å². The molecule has 1 aliphatic rings. The Kier molecular flexibility index (Phi) is 2.66. The quantitative estimate of drug-likeness (QED) is 0.798. The van der Waals surface area contributed by atoms with Gasteiger partial charge < -0.3 is 4.57 Å². The Balaban J connectivity index is 2.29. The standard InChI is InChI=1S/C13H19ClN4/c1-4-17-12-11(9(2)16-17)15-10(5-8-14)18(12)13(3)6-7-13/h4-8H2,1-3H3. The molecule has 0 aromatic carbocycles. The molecule has 3 rings (SSSR count). The van der Waals surface area contributed by atoms with Crippen molar-refractivity contribution in [3.05, 3.63) is 11.5 Å². The van der Waals surface area contributed by atoms with Crippen molar-refractivity contribution in [3.63, 3.8) is 0 Å². The van der Waals surface area contributed by atoms with Gasteiger partial charge in [-0.15, -0.1) is 11.6 Å². The highest BCUT2D eigenvalue weighted by atomic mass is 35.5. The third-order valence-electron chi connectivity index (χ3n) is 3.91. The Hall–Kier alpha value is -1.03. The molecule has 0 radical (unpaired) electrons. The van der Waals surface area contributed by atoms with Crippen LogP contribution in [0.15, 0.2) is 0 Å². The number of hydrogen-bond acceptors (Lipinski definition) is 2. The number of halogens is 1. The number of alkyl halides is 1. The lowest BCUT2D eigenvalue weighted by molar-refractivity contribution is 0.505. The summed E-state index contributed by atoms with van der Waals surface area (Å²) in [5.41, 5.74) is 3.47. The van der Waals surface area contributed by atoms with Gasteiger partial charge in [-0.3, -0.25) is 0 Å². The molecule has 1 saturated carbocycles. The summed E-state index contributed by atoms with van der Waals surface area (Å²) in [7, 11) is 0. The minimum atomic E-state index is 0.232. The molecule has 0 unspecified atom stereocenters. The second kappa shape index (κ2) is 3.98. The van der Waals surface area contributed by atoms with Gasteiger partial charge in [0.2, 0.25) is 0 Å². The monoisotopic (exact) mass is 266 g/mol. The summed E-state index contributed by atoms with van der Waals surface area (Å²) in [6, 6.07) is 0. The van der Waals surface area contributed by atoms with E-state index in [0.29, 0.717) is 5.88 Å². The van der Waals surface area contributed by atoms with E-state index < -0.39 is 0 Å². The average molecular weight is 267 g/mol. The molecule has 0 amide bonds. The zero-order valence-electron chi connectivity index (χ0n) is 11.2. The van der Waals surface area contributed by atoms with E-state index in [0.717, 1.165) is 30.0 Å². The second-order valence-electron chi connectivity index (χ2n) is 5.37. The highest BCUT2D eigenvalue weighted by Crippen LogP contribution is 2.45. The maximum absolute atomic E-state index is 5.91. The molecule has 0 bridgehead atoms. The molecule has 0 N–H and O–H groups in total. The molecule has 1 aliphatic carbocycles. The van der Waals surface area contributed by atoms with Gasteiger partial charge >= 0.3 is 0 Å². The van der Waals surface area contributed by atoms with Crippen LogP contribution in [0.1, 0.15) is 38.2 Å². The van der Waals surface area contributed by atoms with Crippen molar-refractivity contribution in [2.75, 3.05) is 5.88 Å². The van der Waals surface area contributed by atoms with Gasteiger partial charge in [0.25, 0.3) is 0 Å². The van der Waals surface area contributed by atoms with Crippen LogP contribution in [0.2, 0.25) is 0 Å². The van der Waals surface area contributed by atoms with Gasteiger partial charge in [0.15, 0.2) is 5.65 Å². The molecule has 98 valence electrons. The summed E-state index contributed by atoms with van der Waals surface area (Å²) in [6.45, 7) is 7.34. The van der Waals surface area contributed by atoms with Crippen LogP contribution in [0.4, 0.5) is 0 Å². The highest BCUT2D eigenvalue weighted by molar-refractivity contribution is 6.17. The Morgan fingerprint density at radius 2 is 2.11 bits per heavy atom.